The SMILES string of the molecule is Cc1c(F)c(F)c(F)c2c1c(=O)c(OC(=O)O)cn2C1CC1. The van der Waals surface area contributed by atoms with E-state index in [0.29, 0.717) is 12.8 Å². The van der Waals surface area contributed by atoms with Crippen molar-refractivity contribution >= 4 is 17.1 Å². The molecular weight excluding hydrogens is 303 g/mol. The number of rotatable bonds is 2. The van der Waals surface area contributed by atoms with Crippen molar-refractivity contribution < 1.29 is 27.8 Å². The van der Waals surface area contributed by atoms with E-state index in [0.717, 1.165) is 13.1 Å². The van der Waals surface area contributed by atoms with Crippen LogP contribution in [0, 0.1) is 24.4 Å². The fraction of sp³-hybridized carbons (Fsp3) is 0.286. The van der Waals surface area contributed by atoms with Crippen LogP contribution < -0.4 is 10.2 Å². The molecule has 5 nitrogen and oxygen atoms in total. The molecule has 22 heavy (non-hydrogen) atoms. The molecule has 1 saturated carbocycles. The van der Waals surface area contributed by atoms with E-state index in [1.807, 2.05) is 0 Å². The van der Waals surface area contributed by atoms with Crippen LogP contribution in [-0.4, -0.2) is 15.8 Å². The molecule has 2 aromatic rings. The van der Waals surface area contributed by atoms with Gasteiger partial charge in [0, 0.05) is 11.6 Å². The molecule has 0 radical (unpaired) electrons. The van der Waals surface area contributed by atoms with Crippen molar-refractivity contribution in [3.8, 4) is 5.75 Å². The number of fused-ring (bicyclic) bond motifs is 1. The van der Waals surface area contributed by atoms with Gasteiger partial charge in [0.2, 0.25) is 5.43 Å². The number of pyridine rings is 1. The molecule has 0 atom stereocenters. The molecule has 1 heterocycles. The van der Waals surface area contributed by atoms with Crippen LogP contribution in [0.25, 0.3) is 10.9 Å². The van der Waals surface area contributed by atoms with E-state index in [1.54, 1.807) is 0 Å². The second-order valence-electron chi connectivity index (χ2n) is 5.12. The molecule has 0 bridgehead atoms. The zero-order valence-electron chi connectivity index (χ0n) is 11.3. The number of hydrogen-bond acceptors (Lipinski definition) is 3. The van der Waals surface area contributed by atoms with Crippen LogP contribution in [0.2, 0.25) is 0 Å². The maximum absolute atomic E-state index is 14.1. The Bertz CT molecular complexity index is 871. The predicted octanol–water partition coefficient (Wildman–Crippen LogP) is 3.12. The van der Waals surface area contributed by atoms with Crippen LogP contribution in [0.5, 0.6) is 5.75 Å². The van der Waals surface area contributed by atoms with Crippen LogP contribution >= 0.6 is 0 Å². The molecule has 1 aliphatic carbocycles. The number of ether oxygens (including phenoxy) is 1. The summed E-state index contributed by atoms with van der Waals surface area (Å²) in [5.74, 6) is -5.17. The van der Waals surface area contributed by atoms with E-state index >= 15 is 0 Å². The summed E-state index contributed by atoms with van der Waals surface area (Å²) in [7, 11) is 0. The van der Waals surface area contributed by atoms with Crippen LogP contribution in [0.1, 0.15) is 24.4 Å². The fourth-order valence-corrected chi connectivity index (χ4v) is 2.46. The molecular formula is C14H10F3NO4. The molecule has 116 valence electrons. The van der Waals surface area contributed by atoms with Gasteiger partial charge in [0.15, 0.2) is 23.2 Å². The summed E-state index contributed by atoms with van der Waals surface area (Å²) in [6.45, 7) is 1.13. The highest BCUT2D eigenvalue weighted by Gasteiger charge is 2.30. The number of hydrogen-bond donors (Lipinski definition) is 1. The molecule has 0 saturated heterocycles. The molecule has 0 aliphatic heterocycles. The number of aryl methyl sites for hydroxylation is 1. The monoisotopic (exact) mass is 313 g/mol. The first-order valence-corrected chi connectivity index (χ1v) is 6.45. The Morgan fingerprint density at radius 1 is 1.27 bits per heavy atom. The summed E-state index contributed by atoms with van der Waals surface area (Å²) in [5, 5.41) is 8.24. The van der Waals surface area contributed by atoms with Gasteiger partial charge in [0.1, 0.15) is 0 Å². The third kappa shape index (κ3) is 2.02. The molecule has 0 amide bonds. The summed E-state index contributed by atoms with van der Waals surface area (Å²) in [4.78, 5) is 22.9. The van der Waals surface area contributed by atoms with Crippen molar-refractivity contribution in [2.24, 2.45) is 0 Å². The van der Waals surface area contributed by atoms with Gasteiger partial charge >= 0.3 is 6.16 Å². The van der Waals surface area contributed by atoms with E-state index in [4.69, 9.17) is 5.11 Å². The highest BCUT2D eigenvalue weighted by molar-refractivity contribution is 5.85. The van der Waals surface area contributed by atoms with Crippen LogP contribution in [-0.2, 0) is 0 Å². The van der Waals surface area contributed by atoms with Gasteiger partial charge < -0.3 is 14.4 Å². The lowest BCUT2D eigenvalue weighted by Crippen LogP contribution is -2.19. The number of carboxylic acid groups (broad SMARTS) is 1. The Morgan fingerprint density at radius 3 is 2.45 bits per heavy atom. The number of nitrogens with zero attached hydrogens (tertiary/aromatic N) is 1. The van der Waals surface area contributed by atoms with Gasteiger partial charge in [-0.2, -0.15) is 0 Å². The zero-order chi connectivity index (χ0) is 16.2. The highest BCUT2D eigenvalue weighted by Crippen LogP contribution is 2.39. The smallest absolute Gasteiger partial charge is 0.449 e. The van der Waals surface area contributed by atoms with Crippen molar-refractivity contribution in [3.63, 3.8) is 0 Å². The number of carbonyl (C=O) groups is 1. The molecule has 1 N–H and O–H groups in total. The minimum absolute atomic E-state index is 0.210. The number of benzene rings is 1. The van der Waals surface area contributed by atoms with Crippen molar-refractivity contribution in [1.82, 2.24) is 4.57 Å². The van der Waals surface area contributed by atoms with Crippen LogP contribution in [0.4, 0.5) is 18.0 Å². The van der Waals surface area contributed by atoms with Gasteiger partial charge in [0.25, 0.3) is 0 Å². The lowest BCUT2D eigenvalue weighted by Gasteiger charge is -2.15. The van der Waals surface area contributed by atoms with E-state index in [9.17, 15) is 22.8 Å². The van der Waals surface area contributed by atoms with Crippen LogP contribution in [0.15, 0.2) is 11.0 Å². The van der Waals surface area contributed by atoms with Gasteiger partial charge in [-0.25, -0.2) is 18.0 Å². The maximum Gasteiger partial charge on any atom is 0.511 e. The van der Waals surface area contributed by atoms with Crippen molar-refractivity contribution in [2.45, 2.75) is 25.8 Å². The third-order valence-electron chi connectivity index (χ3n) is 3.64. The summed E-state index contributed by atoms with van der Waals surface area (Å²) in [5.41, 5.74) is -1.75. The van der Waals surface area contributed by atoms with Crippen molar-refractivity contribution in [3.05, 3.63) is 39.4 Å². The zero-order valence-corrected chi connectivity index (χ0v) is 11.3. The topological polar surface area (TPSA) is 68.5 Å². The Labute approximate surface area is 121 Å². The van der Waals surface area contributed by atoms with Crippen LogP contribution in [0.3, 0.4) is 0 Å². The van der Waals surface area contributed by atoms with Gasteiger partial charge in [-0.05, 0) is 19.8 Å². The first-order valence-electron chi connectivity index (χ1n) is 6.45. The van der Waals surface area contributed by atoms with E-state index in [-0.39, 0.29) is 17.1 Å². The van der Waals surface area contributed by atoms with Gasteiger partial charge in [-0.3, -0.25) is 4.79 Å². The average molecular weight is 313 g/mol. The standard InChI is InChI=1S/C14H10F3NO4/c1-5-8-12(11(17)10(16)9(5)15)18(6-2-3-6)4-7(13(8)19)22-14(20)21/h4,6H,2-3H2,1H3,(H,20,21). The van der Waals surface area contributed by atoms with Gasteiger partial charge in [-0.1, -0.05) is 0 Å². The van der Waals surface area contributed by atoms with E-state index in [2.05, 4.69) is 4.74 Å². The molecule has 3 rings (SSSR count). The molecule has 1 fully saturated rings. The molecule has 0 unspecified atom stereocenters. The fourth-order valence-electron chi connectivity index (χ4n) is 2.46. The summed E-state index contributed by atoms with van der Waals surface area (Å²) in [6, 6.07) is -0.210. The Hall–Kier alpha value is -2.51. The minimum atomic E-state index is -1.72. The first-order chi connectivity index (χ1) is 10.3. The molecule has 1 aromatic carbocycles. The Morgan fingerprint density at radius 2 is 1.91 bits per heavy atom. The lowest BCUT2D eigenvalue weighted by molar-refractivity contribution is 0.143. The minimum Gasteiger partial charge on any atom is -0.449 e. The number of halogens is 3. The molecule has 8 heteroatoms. The van der Waals surface area contributed by atoms with Crippen molar-refractivity contribution in [2.75, 3.05) is 0 Å². The lowest BCUT2D eigenvalue weighted by atomic mass is 10.1. The largest absolute Gasteiger partial charge is 0.511 e. The Balaban J connectivity index is 2.48. The summed E-state index contributed by atoms with van der Waals surface area (Å²) in [6.07, 6.45) is 0.611. The quantitative estimate of drug-likeness (QED) is 0.683. The average Bonchev–Trinajstić information content (AvgIpc) is 3.28. The highest BCUT2D eigenvalue weighted by atomic mass is 19.2. The van der Waals surface area contributed by atoms with Crippen molar-refractivity contribution in [1.29, 1.82) is 0 Å². The molecule has 1 aromatic heterocycles. The van der Waals surface area contributed by atoms with E-state index in [1.165, 1.54) is 4.57 Å². The second-order valence-corrected chi connectivity index (χ2v) is 5.12. The van der Waals surface area contributed by atoms with Gasteiger partial charge in [-0.15, -0.1) is 0 Å². The second kappa shape index (κ2) is 4.75. The third-order valence-corrected chi connectivity index (χ3v) is 3.64. The molecule has 1 aliphatic rings. The summed E-state index contributed by atoms with van der Waals surface area (Å²) < 4.78 is 47.1. The summed E-state index contributed by atoms with van der Waals surface area (Å²) >= 11 is 0. The van der Waals surface area contributed by atoms with E-state index < -0.39 is 40.2 Å². The molecule has 0 spiro atoms. The van der Waals surface area contributed by atoms with Gasteiger partial charge in [0.05, 0.1) is 17.1 Å². The predicted molar refractivity (Wildman–Crippen MR) is 69.7 cm³/mol. The number of aromatic nitrogens is 1. The normalized spacial score (nSPS) is 14.4. The Kier molecular flexibility index (Phi) is 3.12. The maximum atomic E-state index is 14.1. The first kappa shape index (κ1) is 14.4.